The molecule has 5 nitrogen and oxygen atoms in total. The molecular weight excluding hydrogens is 302 g/mol. The van der Waals surface area contributed by atoms with Gasteiger partial charge in [-0.05, 0) is 31.4 Å². The van der Waals surface area contributed by atoms with Crippen LogP contribution in [0.3, 0.4) is 0 Å². The molecule has 0 aliphatic heterocycles. The number of halogens is 1. The molecule has 0 aliphatic carbocycles. The average Bonchev–Trinajstić information content (AvgIpc) is 2.34. The normalized spacial score (nSPS) is 11.4. The van der Waals surface area contributed by atoms with Gasteiger partial charge in [0.15, 0.2) is 0 Å². The molecule has 0 spiro atoms. The molecule has 1 rings (SSSR count). The lowest BCUT2D eigenvalue weighted by Crippen LogP contribution is -2.34. The maximum Gasteiger partial charge on any atom is 0.264 e. The highest BCUT2D eigenvalue weighted by atomic mass is 35.5. The first-order chi connectivity index (χ1) is 9.26. The SMILES string of the molecule is Cc1cccc(C)c1N(CCCS(=O)(=O)O)C(=O)CCl. The molecule has 0 aliphatic rings. The topological polar surface area (TPSA) is 74.7 Å². The Morgan fingerprint density at radius 1 is 1.30 bits per heavy atom. The Hall–Kier alpha value is -1.11. The molecule has 1 aromatic carbocycles. The van der Waals surface area contributed by atoms with Gasteiger partial charge >= 0.3 is 0 Å². The van der Waals surface area contributed by atoms with E-state index in [4.69, 9.17) is 16.2 Å². The minimum atomic E-state index is -4.03. The van der Waals surface area contributed by atoms with E-state index in [9.17, 15) is 13.2 Å². The predicted octanol–water partition coefficient (Wildman–Crippen LogP) is 2.15. The second-order valence-corrected chi connectivity index (χ2v) is 6.40. The lowest BCUT2D eigenvalue weighted by atomic mass is 10.1. The van der Waals surface area contributed by atoms with Crippen LogP contribution in [0.1, 0.15) is 17.5 Å². The van der Waals surface area contributed by atoms with Gasteiger partial charge in [0.2, 0.25) is 5.91 Å². The summed E-state index contributed by atoms with van der Waals surface area (Å²) in [5, 5.41) is 0. The number of rotatable bonds is 6. The molecular formula is C13H18ClNO4S. The molecule has 0 saturated carbocycles. The third-order valence-corrected chi connectivity index (χ3v) is 3.94. The summed E-state index contributed by atoms with van der Waals surface area (Å²) in [6.07, 6.45) is 0.148. The first-order valence-electron chi connectivity index (χ1n) is 6.14. The van der Waals surface area contributed by atoms with Crippen molar-refractivity contribution < 1.29 is 17.8 Å². The monoisotopic (exact) mass is 319 g/mol. The number of anilines is 1. The Labute approximate surface area is 124 Å². The fourth-order valence-corrected chi connectivity index (χ4v) is 2.71. The average molecular weight is 320 g/mol. The molecule has 112 valence electrons. The van der Waals surface area contributed by atoms with E-state index in [1.807, 2.05) is 32.0 Å². The lowest BCUT2D eigenvalue weighted by molar-refractivity contribution is -0.116. The van der Waals surface area contributed by atoms with Crippen LogP contribution < -0.4 is 4.90 Å². The molecule has 0 radical (unpaired) electrons. The molecule has 0 atom stereocenters. The number of nitrogens with zero attached hydrogens (tertiary/aromatic N) is 1. The van der Waals surface area contributed by atoms with Gasteiger partial charge in [0, 0.05) is 12.2 Å². The van der Waals surface area contributed by atoms with E-state index in [2.05, 4.69) is 0 Å². The maximum absolute atomic E-state index is 12.0. The molecule has 0 fully saturated rings. The van der Waals surface area contributed by atoms with Gasteiger partial charge in [0.25, 0.3) is 10.1 Å². The van der Waals surface area contributed by atoms with E-state index in [0.29, 0.717) is 0 Å². The highest BCUT2D eigenvalue weighted by Gasteiger charge is 2.19. The number of carbonyl (C=O) groups excluding carboxylic acids is 1. The fourth-order valence-electron chi connectivity index (χ4n) is 2.07. The van der Waals surface area contributed by atoms with Gasteiger partial charge in [-0.15, -0.1) is 11.6 Å². The molecule has 0 heterocycles. The van der Waals surface area contributed by atoms with Crippen LogP contribution in [0.25, 0.3) is 0 Å². The predicted molar refractivity (Wildman–Crippen MR) is 80.0 cm³/mol. The number of amides is 1. The highest BCUT2D eigenvalue weighted by molar-refractivity contribution is 7.85. The number of hydrogen-bond donors (Lipinski definition) is 1. The molecule has 0 saturated heterocycles. The molecule has 0 aromatic heterocycles. The van der Waals surface area contributed by atoms with Gasteiger partial charge in [0.1, 0.15) is 5.88 Å². The zero-order chi connectivity index (χ0) is 15.3. The Kier molecular flexibility index (Phi) is 5.98. The van der Waals surface area contributed by atoms with Gasteiger partial charge in [-0.3, -0.25) is 9.35 Å². The van der Waals surface area contributed by atoms with Crippen LogP contribution in [-0.4, -0.2) is 37.1 Å². The van der Waals surface area contributed by atoms with Gasteiger partial charge in [0.05, 0.1) is 5.75 Å². The molecule has 0 bridgehead atoms. The van der Waals surface area contributed by atoms with Crippen LogP contribution in [0.15, 0.2) is 18.2 Å². The highest BCUT2D eigenvalue weighted by Crippen LogP contribution is 2.25. The molecule has 7 heteroatoms. The molecule has 0 unspecified atom stereocenters. The first-order valence-corrected chi connectivity index (χ1v) is 8.28. The fraction of sp³-hybridized carbons (Fsp3) is 0.462. The number of aryl methyl sites for hydroxylation is 2. The lowest BCUT2D eigenvalue weighted by Gasteiger charge is -2.25. The zero-order valence-electron chi connectivity index (χ0n) is 11.5. The summed E-state index contributed by atoms with van der Waals surface area (Å²) >= 11 is 5.61. The standard InChI is InChI=1S/C13H18ClNO4S/c1-10-5-3-6-11(2)13(10)15(12(16)9-14)7-4-8-20(17,18)19/h3,5-6H,4,7-9H2,1-2H3,(H,17,18,19). The smallest absolute Gasteiger partial charge is 0.264 e. The Morgan fingerprint density at radius 3 is 2.30 bits per heavy atom. The Morgan fingerprint density at radius 2 is 1.85 bits per heavy atom. The third-order valence-electron chi connectivity index (χ3n) is 2.91. The van der Waals surface area contributed by atoms with Crippen molar-refractivity contribution in [3.05, 3.63) is 29.3 Å². The van der Waals surface area contributed by atoms with Crippen molar-refractivity contribution in [2.24, 2.45) is 0 Å². The van der Waals surface area contributed by atoms with Gasteiger partial charge in [-0.25, -0.2) is 0 Å². The van der Waals surface area contributed by atoms with E-state index in [1.54, 1.807) is 0 Å². The Bertz CT molecular complexity index is 566. The maximum atomic E-state index is 12.0. The quantitative estimate of drug-likeness (QED) is 0.644. The number of hydrogen-bond acceptors (Lipinski definition) is 3. The van der Waals surface area contributed by atoms with Crippen molar-refractivity contribution in [3.63, 3.8) is 0 Å². The molecule has 1 N–H and O–H groups in total. The minimum absolute atomic E-state index is 0.148. The summed E-state index contributed by atoms with van der Waals surface area (Å²) < 4.78 is 30.2. The van der Waals surface area contributed by atoms with E-state index in [-0.39, 0.29) is 30.5 Å². The number of benzene rings is 1. The number of alkyl halides is 1. The van der Waals surface area contributed by atoms with Crippen molar-refractivity contribution in [2.45, 2.75) is 20.3 Å². The number of carbonyl (C=O) groups is 1. The summed E-state index contributed by atoms with van der Waals surface area (Å²) in [6.45, 7) is 3.94. The van der Waals surface area contributed by atoms with Crippen molar-refractivity contribution >= 4 is 33.3 Å². The van der Waals surface area contributed by atoms with Crippen molar-refractivity contribution in [1.82, 2.24) is 0 Å². The van der Waals surface area contributed by atoms with Crippen LogP contribution in [0.5, 0.6) is 0 Å². The third kappa shape index (κ3) is 4.77. The van der Waals surface area contributed by atoms with Crippen LogP contribution in [0.2, 0.25) is 0 Å². The van der Waals surface area contributed by atoms with E-state index >= 15 is 0 Å². The van der Waals surface area contributed by atoms with Gasteiger partial charge in [-0.2, -0.15) is 8.42 Å². The van der Waals surface area contributed by atoms with Gasteiger partial charge < -0.3 is 4.90 Å². The summed E-state index contributed by atoms with van der Waals surface area (Å²) in [6, 6.07) is 5.63. The van der Waals surface area contributed by atoms with E-state index in [0.717, 1.165) is 16.8 Å². The molecule has 20 heavy (non-hydrogen) atoms. The van der Waals surface area contributed by atoms with Crippen LogP contribution in [0.4, 0.5) is 5.69 Å². The van der Waals surface area contributed by atoms with E-state index in [1.165, 1.54) is 4.90 Å². The largest absolute Gasteiger partial charge is 0.311 e. The molecule has 1 amide bonds. The summed E-state index contributed by atoms with van der Waals surface area (Å²) in [5.41, 5.74) is 2.57. The second kappa shape index (κ2) is 7.06. The van der Waals surface area contributed by atoms with Crippen molar-refractivity contribution in [3.8, 4) is 0 Å². The van der Waals surface area contributed by atoms with Crippen molar-refractivity contribution in [1.29, 1.82) is 0 Å². The van der Waals surface area contributed by atoms with Crippen LogP contribution in [0, 0.1) is 13.8 Å². The van der Waals surface area contributed by atoms with Crippen LogP contribution in [-0.2, 0) is 14.9 Å². The Balaban J connectivity index is 2.98. The minimum Gasteiger partial charge on any atom is -0.311 e. The summed E-state index contributed by atoms with van der Waals surface area (Å²) in [5.74, 6) is -0.858. The second-order valence-electron chi connectivity index (χ2n) is 4.56. The van der Waals surface area contributed by atoms with E-state index < -0.39 is 10.1 Å². The summed E-state index contributed by atoms with van der Waals surface area (Å²) in [4.78, 5) is 13.4. The number of para-hydroxylation sites is 1. The van der Waals surface area contributed by atoms with Crippen LogP contribution >= 0.6 is 11.6 Å². The molecule has 1 aromatic rings. The summed E-state index contributed by atoms with van der Waals surface area (Å²) in [7, 11) is -4.03. The zero-order valence-corrected chi connectivity index (χ0v) is 13.0. The first kappa shape index (κ1) is 16.9. The van der Waals surface area contributed by atoms with Crippen molar-refractivity contribution in [2.75, 3.05) is 23.1 Å². The van der Waals surface area contributed by atoms with Gasteiger partial charge in [-0.1, -0.05) is 18.2 Å².